The van der Waals surface area contributed by atoms with E-state index in [1.54, 1.807) is 17.4 Å². The number of nitrogens with one attached hydrogen (secondary N) is 1. The number of anilines is 1. The van der Waals surface area contributed by atoms with E-state index in [1.807, 2.05) is 24.3 Å². The normalized spacial score (nSPS) is 12.5. The van der Waals surface area contributed by atoms with E-state index in [9.17, 15) is 4.79 Å². The highest BCUT2D eigenvalue weighted by molar-refractivity contribution is 7.21. The molecule has 0 bridgehead atoms. The predicted molar refractivity (Wildman–Crippen MR) is 96.3 cm³/mol. The van der Waals surface area contributed by atoms with Gasteiger partial charge in [0.1, 0.15) is 0 Å². The van der Waals surface area contributed by atoms with Gasteiger partial charge in [-0.05, 0) is 35.6 Å². The van der Waals surface area contributed by atoms with E-state index in [-0.39, 0.29) is 12.7 Å². The van der Waals surface area contributed by atoms with Crippen molar-refractivity contribution in [3.05, 3.63) is 52.9 Å². The summed E-state index contributed by atoms with van der Waals surface area (Å²) in [6.07, 6.45) is 1.90. The van der Waals surface area contributed by atoms with Gasteiger partial charge in [0.05, 0.1) is 4.88 Å². The zero-order valence-electron chi connectivity index (χ0n) is 13.3. The second kappa shape index (κ2) is 6.17. The molecule has 1 N–H and O–H groups in total. The summed E-state index contributed by atoms with van der Waals surface area (Å²) in [5.74, 6) is 1.30. The van der Waals surface area contributed by atoms with Crippen LogP contribution in [0.15, 0.2) is 42.5 Å². The van der Waals surface area contributed by atoms with Crippen molar-refractivity contribution in [3.63, 3.8) is 0 Å². The summed E-state index contributed by atoms with van der Waals surface area (Å²) >= 11 is 1.55. The highest BCUT2D eigenvalue weighted by atomic mass is 32.1. The fourth-order valence-corrected chi connectivity index (χ4v) is 4.09. The monoisotopic (exact) mass is 339 g/mol. The lowest BCUT2D eigenvalue weighted by molar-refractivity contribution is 0.103. The molecule has 5 heteroatoms. The minimum absolute atomic E-state index is 0.0708. The molecule has 4 rings (SSSR count). The van der Waals surface area contributed by atoms with Gasteiger partial charge in [-0.3, -0.25) is 4.79 Å². The van der Waals surface area contributed by atoms with Crippen molar-refractivity contribution in [1.29, 1.82) is 0 Å². The Kier molecular flexibility index (Phi) is 3.86. The molecule has 1 aliphatic rings. The topological polar surface area (TPSA) is 47.6 Å². The van der Waals surface area contributed by atoms with E-state index in [2.05, 4.69) is 24.4 Å². The molecule has 1 amide bonds. The molecule has 1 aromatic heterocycles. The Labute approximate surface area is 144 Å². The maximum absolute atomic E-state index is 12.8. The van der Waals surface area contributed by atoms with Gasteiger partial charge >= 0.3 is 0 Å². The van der Waals surface area contributed by atoms with E-state index >= 15 is 0 Å². The standard InChI is InChI=1S/C19H17NO3S/c1-2-5-14-13-6-3-4-7-17(13)24-18(14)19(21)20-12-8-9-15-16(10-12)23-11-22-15/h3-4,6-10H,2,5,11H2,1H3,(H,20,21). The van der Waals surface area contributed by atoms with E-state index < -0.39 is 0 Å². The Hall–Kier alpha value is -2.53. The first-order chi connectivity index (χ1) is 11.8. The number of amides is 1. The number of thiophene rings is 1. The van der Waals surface area contributed by atoms with Gasteiger partial charge < -0.3 is 14.8 Å². The molecule has 0 saturated heterocycles. The van der Waals surface area contributed by atoms with Gasteiger partial charge in [-0.2, -0.15) is 0 Å². The van der Waals surface area contributed by atoms with Crippen molar-refractivity contribution in [2.45, 2.75) is 19.8 Å². The maximum atomic E-state index is 12.8. The average molecular weight is 339 g/mol. The third kappa shape index (κ3) is 2.61. The second-order valence-electron chi connectivity index (χ2n) is 5.68. The second-order valence-corrected chi connectivity index (χ2v) is 6.73. The summed E-state index contributed by atoms with van der Waals surface area (Å²) < 4.78 is 11.8. The lowest BCUT2D eigenvalue weighted by Gasteiger charge is -2.07. The van der Waals surface area contributed by atoms with Gasteiger partial charge in [0.25, 0.3) is 5.91 Å². The van der Waals surface area contributed by atoms with Crippen molar-refractivity contribution in [2.24, 2.45) is 0 Å². The number of rotatable bonds is 4. The minimum atomic E-state index is -0.0708. The van der Waals surface area contributed by atoms with E-state index in [1.165, 1.54) is 5.39 Å². The summed E-state index contributed by atoms with van der Waals surface area (Å²) in [5.41, 5.74) is 1.85. The summed E-state index contributed by atoms with van der Waals surface area (Å²) in [6.45, 7) is 2.36. The molecule has 24 heavy (non-hydrogen) atoms. The molecule has 122 valence electrons. The molecule has 0 radical (unpaired) electrons. The molecule has 2 heterocycles. The van der Waals surface area contributed by atoms with Crippen LogP contribution in [-0.4, -0.2) is 12.7 Å². The van der Waals surface area contributed by atoms with Crippen molar-refractivity contribution < 1.29 is 14.3 Å². The highest BCUT2D eigenvalue weighted by Gasteiger charge is 2.19. The lowest BCUT2D eigenvalue weighted by Crippen LogP contribution is -2.12. The number of ether oxygens (including phenoxy) is 2. The molecular formula is C19H17NO3S. The Balaban J connectivity index is 1.66. The van der Waals surface area contributed by atoms with Crippen LogP contribution in [0.1, 0.15) is 28.6 Å². The molecule has 0 spiro atoms. The van der Waals surface area contributed by atoms with Gasteiger partial charge in [0, 0.05) is 16.5 Å². The number of carbonyl (C=O) groups excluding carboxylic acids is 1. The van der Waals surface area contributed by atoms with E-state index in [0.29, 0.717) is 17.2 Å². The van der Waals surface area contributed by atoms with E-state index in [0.717, 1.165) is 28.0 Å². The SMILES string of the molecule is CCCc1c(C(=O)Nc2ccc3c(c2)OCO3)sc2ccccc12. The molecule has 4 nitrogen and oxygen atoms in total. The summed E-state index contributed by atoms with van der Waals surface area (Å²) in [6, 6.07) is 13.6. The van der Waals surface area contributed by atoms with Crippen LogP contribution in [0.5, 0.6) is 11.5 Å². The van der Waals surface area contributed by atoms with Gasteiger partial charge in [-0.25, -0.2) is 0 Å². The van der Waals surface area contributed by atoms with Gasteiger partial charge in [0.15, 0.2) is 11.5 Å². The average Bonchev–Trinajstić information content (AvgIpc) is 3.20. The minimum Gasteiger partial charge on any atom is -0.454 e. The van der Waals surface area contributed by atoms with Crippen molar-refractivity contribution >= 4 is 33.0 Å². The molecule has 0 saturated carbocycles. The number of hydrogen-bond donors (Lipinski definition) is 1. The molecular weight excluding hydrogens is 322 g/mol. The van der Waals surface area contributed by atoms with Crippen LogP contribution in [0.2, 0.25) is 0 Å². The third-order valence-corrected chi connectivity index (χ3v) is 5.25. The van der Waals surface area contributed by atoms with Gasteiger partial charge in [-0.1, -0.05) is 31.5 Å². The van der Waals surface area contributed by atoms with Crippen LogP contribution in [-0.2, 0) is 6.42 Å². The quantitative estimate of drug-likeness (QED) is 0.740. The van der Waals surface area contributed by atoms with Gasteiger partial charge in [0.2, 0.25) is 6.79 Å². The highest BCUT2D eigenvalue weighted by Crippen LogP contribution is 2.36. The van der Waals surface area contributed by atoms with Gasteiger partial charge in [-0.15, -0.1) is 11.3 Å². The fourth-order valence-electron chi connectivity index (χ4n) is 2.94. The first-order valence-electron chi connectivity index (χ1n) is 7.97. The van der Waals surface area contributed by atoms with E-state index in [4.69, 9.17) is 9.47 Å². The smallest absolute Gasteiger partial charge is 0.266 e. The molecule has 0 unspecified atom stereocenters. The summed E-state index contributed by atoms with van der Waals surface area (Å²) in [4.78, 5) is 13.6. The number of carbonyl (C=O) groups is 1. The number of benzene rings is 2. The van der Waals surface area contributed by atoms with Crippen molar-refractivity contribution in [1.82, 2.24) is 0 Å². The molecule has 0 aliphatic carbocycles. The Bertz CT molecular complexity index is 916. The van der Waals surface area contributed by atoms with Crippen molar-refractivity contribution in [2.75, 3.05) is 12.1 Å². The zero-order valence-corrected chi connectivity index (χ0v) is 14.1. The summed E-state index contributed by atoms with van der Waals surface area (Å²) in [5, 5.41) is 4.16. The van der Waals surface area contributed by atoms with Crippen molar-refractivity contribution in [3.8, 4) is 11.5 Å². The Morgan fingerprint density at radius 3 is 2.88 bits per heavy atom. The maximum Gasteiger partial charge on any atom is 0.266 e. The fraction of sp³-hybridized carbons (Fsp3) is 0.211. The van der Waals surface area contributed by atoms with Crippen LogP contribution in [0.25, 0.3) is 10.1 Å². The Morgan fingerprint density at radius 2 is 2.00 bits per heavy atom. The predicted octanol–water partition coefficient (Wildman–Crippen LogP) is 4.83. The number of fused-ring (bicyclic) bond motifs is 2. The summed E-state index contributed by atoms with van der Waals surface area (Å²) in [7, 11) is 0. The molecule has 0 atom stereocenters. The van der Waals surface area contributed by atoms with Crippen LogP contribution in [0.3, 0.4) is 0 Å². The molecule has 3 aromatic rings. The number of hydrogen-bond acceptors (Lipinski definition) is 4. The Morgan fingerprint density at radius 1 is 1.17 bits per heavy atom. The van der Waals surface area contributed by atoms with Crippen LogP contribution < -0.4 is 14.8 Å². The molecule has 2 aromatic carbocycles. The first-order valence-corrected chi connectivity index (χ1v) is 8.79. The van der Waals surface area contributed by atoms with Crippen LogP contribution in [0.4, 0.5) is 5.69 Å². The first kappa shape index (κ1) is 15.0. The largest absolute Gasteiger partial charge is 0.454 e. The third-order valence-electron chi connectivity index (χ3n) is 4.03. The van der Waals surface area contributed by atoms with Crippen LogP contribution in [0, 0.1) is 0 Å². The lowest BCUT2D eigenvalue weighted by atomic mass is 10.1. The zero-order chi connectivity index (χ0) is 16.5. The van der Waals surface area contributed by atoms with Crippen LogP contribution >= 0.6 is 11.3 Å². The number of aryl methyl sites for hydroxylation is 1. The molecule has 1 aliphatic heterocycles. The molecule has 0 fully saturated rings.